The summed E-state index contributed by atoms with van der Waals surface area (Å²) >= 11 is 0. The van der Waals surface area contributed by atoms with Gasteiger partial charge in [-0.25, -0.2) is 4.79 Å². The highest BCUT2D eigenvalue weighted by Gasteiger charge is 2.44. The second kappa shape index (κ2) is 4.42. The average Bonchev–Trinajstić information content (AvgIpc) is 2.36. The number of rotatable bonds is 2. The van der Waals surface area contributed by atoms with Crippen molar-refractivity contribution in [1.29, 1.82) is 0 Å². The largest absolute Gasteiger partial charge is 0.478 e. The van der Waals surface area contributed by atoms with Crippen molar-refractivity contribution in [3.63, 3.8) is 0 Å². The van der Waals surface area contributed by atoms with Crippen LogP contribution < -0.4 is 10.6 Å². The predicted molar refractivity (Wildman–Crippen MR) is 72.5 cm³/mol. The van der Waals surface area contributed by atoms with Gasteiger partial charge < -0.3 is 20.5 Å². The zero-order valence-electron chi connectivity index (χ0n) is 10.8. The van der Waals surface area contributed by atoms with E-state index in [9.17, 15) is 9.90 Å². The zero-order valence-corrected chi connectivity index (χ0v) is 10.8. The fourth-order valence-corrected chi connectivity index (χ4v) is 3.05. The molecule has 0 amide bonds. The Bertz CT molecular complexity index is 501. The van der Waals surface area contributed by atoms with Crippen molar-refractivity contribution >= 4 is 17.3 Å². The van der Waals surface area contributed by atoms with Gasteiger partial charge in [0.15, 0.2) is 0 Å². The molecular weight excluding hydrogens is 244 g/mol. The van der Waals surface area contributed by atoms with Gasteiger partial charge in [0.25, 0.3) is 0 Å². The maximum Gasteiger partial charge on any atom is 0.337 e. The lowest BCUT2D eigenvalue weighted by molar-refractivity contribution is -0.000295. The minimum atomic E-state index is -0.900. The van der Waals surface area contributed by atoms with Crippen LogP contribution in [0.25, 0.3) is 0 Å². The highest BCUT2D eigenvalue weighted by Crippen LogP contribution is 2.43. The number of hydrogen-bond acceptors (Lipinski definition) is 4. The van der Waals surface area contributed by atoms with E-state index in [4.69, 9.17) is 10.5 Å². The molecule has 2 aliphatic rings. The number of nitrogens with two attached hydrogens (primary N) is 1. The molecule has 2 fully saturated rings. The van der Waals surface area contributed by atoms with Crippen LogP contribution in [-0.4, -0.2) is 37.4 Å². The monoisotopic (exact) mass is 262 g/mol. The first-order valence-corrected chi connectivity index (χ1v) is 6.55. The van der Waals surface area contributed by atoms with Gasteiger partial charge in [-0.15, -0.1) is 0 Å². The lowest BCUT2D eigenvalue weighted by Gasteiger charge is -2.53. The fraction of sp³-hybridized carbons (Fsp3) is 0.500. The van der Waals surface area contributed by atoms with Crippen LogP contribution in [-0.2, 0) is 4.74 Å². The SMILES string of the molecule is Nc1ccc(C(=O)O)c(N2CC3(CCOCC3)C2)c1. The van der Waals surface area contributed by atoms with E-state index in [0.717, 1.165) is 44.8 Å². The van der Waals surface area contributed by atoms with Crippen LogP contribution in [0, 0.1) is 5.41 Å². The molecule has 2 aliphatic heterocycles. The molecule has 0 aromatic heterocycles. The topological polar surface area (TPSA) is 75.8 Å². The molecule has 5 heteroatoms. The van der Waals surface area contributed by atoms with Gasteiger partial charge in [0.05, 0.1) is 11.3 Å². The van der Waals surface area contributed by atoms with Crippen LogP contribution in [0.4, 0.5) is 11.4 Å². The molecule has 2 saturated heterocycles. The molecule has 102 valence electrons. The summed E-state index contributed by atoms with van der Waals surface area (Å²) in [5, 5.41) is 9.24. The van der Waals surface area contributed by atoms with E-state index in [1.165, 1.54) is 0 Å². The third-order valence-corrected chi connectivity index (χ3v) is 4.20. The molecule has 0 unspecified atom stereocenters. The summed E-state index contributed by atoms with van der Waals surface area (Å²) in [7, 11) is 0. The summed E-state index contributed by atoms with van der Waals surface area (Å²) < 4.78 is 5.39. The molecule has 1 aromatic carbocycles. The molecule has 0 bridgehead atoms. The lowest BCUT2D eigenvalue weighted by Crippen LogP contribution is -2.58. The number of nitrogen functional groups attached to an aromatic ring is 1. The predicted octanol–water partition coefficient (Wildman–Crippen LogP) is 1.58. The van der Waals surface area contributed by atoms with Crippen molar-refractivity contribution in [3.8, 4) is 0 Å². The van der Waals surface area contributed by atoms with Crippen molar-refractivity contribution in [2.75, 3.05) is 36.9 Å². The number of carbonyl (C=O) groups is 1. The number of nitrogens with zero attached hydrogens (tertiary/aromatic N) is 1. The summed E-state index contributed by atoms with van der Waals surface area (Å²) in [6.45, 7) is 3.44. The molecular formula is C14H18N2O3. The first-order chi connectivity index (χ1) is 9.10. The Kier molecular flexibility index (Phi) is 2.86. The van der Waals surface area contributed by atoms with Crippen LogP contribution in [0.5, 0.6) is 0 Å². The minimum Gasteiger partial charge on any atom is -0.478 e. The number of anilines is 2. The van der Waals surface area contributed by atoms with Gasteiger partial charge in [-0.3, -0.25) is 0 Å². The number of carboxylic acid groups (broad SMARTS) is 1. The molecule has 5 nitrogen and oxygen atoms in total. The van der Waals surface area contributed by atoms with Crippen molar-refractivity contribution in [2.24, 2.45) is 5.41 Å². The van der Waals surface area contributed by atoms with Gasteiger partial charge in [-0.1, -0.05) is 0 Å². The number of hydrogen-bond donors (Lipinski definition) is 2. The number of carboxylic acids is 1. The van der Waals surface area contributed by atoms with E-state index in [-0.39, 0.29) is 0 Å². The van der Waals surface area contributed by atoms with E-state index in [0.29, 0.717) is 16.7 Å². The smallest absolute Gasteiger partial charge is 0.337 e. The second-order valence-electron chi connectivity index (χ2n) is 5.55. The van der Waals surface area contributed by atoms with Crippen LogP contribution in [0.15, 0.2) is 18.2 Å². The van der Waals surface area contributed by atoms with E-state index >= 15 is 0 Å². The molecule has 0 radical (unpaired) electrons. The summed E-state index contributed by atoms with van der Waals surface area (Å²) in [4.78, 5) is 13.4. The minimum absolute atomic E-state index is 0.318. The third kappa shape index (κ3) is 2.14. The van der Waals surface area contributed by atoms with Crippen LogP contribution in [0.3, 0.4) is 0 Å². The van der Waals surface area contributed by atoms with Gasteiger partial charge in [0.1, 0.15) is 0 Å². The normalized spacial score (nSPS) is 21.2. The van der Waals surface area contributed by atoms with Crippen molar-refractivity contribution in [3.05, 3.63) is 23.8 Å². The number of benzene rings is 1. The van der Waals surface area contributed by atoms with Crippen LogP contribution in [0.1, 0.15) is 23.2 Å². The molecule has 1 aromatic rings. The Morgan fingerprint density at radius 2 is 2.00 bits per heavy atom. The van der Waals surface area contributed by atoms with Crippen molar-refractivity contribution in [1.82, 2.24) is 0 Å². The maximum absolute atomic E-state index is 11.3. The standard InChI is InChI=1S/C14H18N2O3/c15-10-1-2-11(13(17)18)12(7-10)16-8-14(9-16)3-5-19-6-4-14/h1-2,7H,3-6,8-9,15H2,(H,17,18). The second-order valence-corrected chi connectivity index (χ2v) is 5.55. The summed E-state index contributed by atoms with van der Waals surface area (Å²) in [5.74, 6) is -0.900. The Hall–Kier alpha value is -1.75. The summed E-state index contributed by atoms with van der Waals surface area (Å²) in [6.07, 6.45) is 2.13. The summed E-state index contributed by atoms with van der Waals surface area (Å²) in [5.41, 5.74) is 7.77. The van der Waals surface area contributed by atoms with E-state index in [2.05, 4.69) is 4.90 Å². The van der Waals surface area contributed by atoms with Gasteiger partial charge in [0.2, 0.25) is 0 Å². The third-order valence-electron chi connectivity index (χ3n) is 4.20. The van der Waals surface area contributed by atoms with Gasteiger partial charge >= 0.3 is 5.97 Å². The van der Waals surface area contributed by atoms with Crippen molar-refractivity contribution < 1.29 is 14.6 Å². The molecule has 2 heterocycles. The Labute approximate surface area is 112 Å². The number of ether oxygens (including phenoxy) is 1. The molecule has 0 atom stereocenters. The average molecular weight is 262 g/mol. The fourth-order valence-electron chi connectivity index (χ4n) is 3.05. The van der Waals surface area contributed by atoms with Crippen molar-refractivity contribution in [2.45, 2.75) is 12.8 Å². The molecule has 19 heavy (non-hydrogen) atoms. The molecule has 0 saturated carbocycles. The lowest BCUT2D eigenvalue weighted by atomic mass is 9.73. The molecule has 0 aliphatic carbocycles. The molecule has 3 rings (SSSR count). The van der Waals surface area contributed by atoms with Crippen LogP contribution >= 0.6 is 0 Å². The zero-order chi connectivity index (χ0) is 13.5. The number of aromatic carboxylic acids is 1. The van der Waals surface area contributed by atoms with E-state index in [1.54, 1.807) is 18.2 Å². The first kappa shape index (κ1) is 12.3. The molecule has 1 spiro atoms. The van der Waals surface area contributed by atoms with E-state index in [1.807, 2.05) is 0 Å². The van der Waals surface area contributed by atoms with Gasteiger partial charge in [-0.2, -0.15) is 0 Å². The summed E-state index contributed by atoms with van der Waals surface area (Å²) in [6, 6.07) is 4.98. The van der Waals surface area contributed by atoms with Gasteiger partial charge in [-0.05, 0) is 31.0 Å². The quantitative estimate of drug-likeness (QED) is 0.791. The van der Waals surface area contributed by atoms with Crippen LogP contribution in [0.2, 0.25) is 0 Å². The Morgan fingerprint density at radius 3 is 2.63 bits per heavy atom. The first-order valence-electron chi connectivity index (χ1n) is 6.55. The maximum atomic E-state index is 11.3. The van der Waals surface area contributed by atoms with E-state index < -0.39 is 5.97 Å². The Morgan fingerprint density at radius 1 is 1.32 bits per heavy atom. The highest BCUT2D eigenvalue weighted by atomic mass is 16.5. The van der Waals surface area contributed by atoms with Gasteiger partial charge in [0, 0.05) is 37.4 Å². The molecule has 3 N–H and O–H groups in total. The highest BCUT2D eigenvalue weighted by molar-refractivity contribution is 5.95. The Balaban J connectivity index is 1.81.